The molecule has 1 aliphatic rings. The van der Waals surface area contributed by atoms with E-state index in [2.05, 4.69) is 5.32 Å². The predicted molar refractivity (Wildman–Crippen MR) is 33.6 cm³/mol. The van der Waals surface area contributed by atoms with Crippen molar-refractivity contribution in [1.82, 2.24) is 5.32 Å². The summed E-state index contributed by atoms with van der Waals surface area (Å²) in [5.41, 5.74) is 0. The standard InChI is InChI=1S/C6H9NO3/c8-3-4-1-5(6(9)10)7-2-4/h3-5,7H,1-2H2,(H,9,10)/t4?,5-/m0/s1. The van der Waals surface area contributed by atoms with Gasteiger partial charge in [0.05, 0.1) is 0 Å². The van der Waals surface area contributed by atoms with E-state index in [0.29, 0.717) is 13.0 Å². The summed E-state index contributed by atoms with van der Waals surface area (Å²) in [5, 5.41) is 11.2. The van der Waals surface area contributed by atoms with Gasteiger partial charge in [-0.3, -0.25) is 4.79 Å². The third-order valence-corrected chi connectivity index (χ3v) is 1.66. The Morgan fingerprint density at radius 1 is 1.70 bits per heavy atom. The molecule has 0 aliphatic carbocycles. The van der Waals surface area contributed by atoms with Crippen LogP contribution in [0.4, 0.5) is 0 Å². The molecule has 1 saturated heterocycles. The van der Waals surface area contributed by atoms with Crippen LogP contribution in [0.1, 0.15) is 6.42 Å². The fourth-order valence-electron chi connectivity index (χ4n) is 1.05. The lowest BCUT2D eigenvalue weighted by atomic mass is 10.1. The van der Waals surface area contributed by atoms with E-state index in [1.165, 1.54) is 0 Å². The van der Waals surface area contributed by atoms with Crippen LogP contribution in [0.2, 0.25) is 0 Å². The lowest BCUT2D eigenvalue weighted by molar-refractivity contribution is -0.139. The van der Waals surface area contributed by atoms with Gasteiger partial charge in [-0.25, -0.2) is 0 Å². The van der Waals surface area contributed by atoms with Gasteiger partial charge in [-0.15, -0.1) is 0 Å². The Balaban J connectivity index is 2.42. The summed E-state index contributed by atoms with van der Waals surface area (Å²) in [7, 11) is 0. The fourth-order valence-corrected chi connectivity index (χ4v) is 1.05. The Labute approximate surface area is 58.2 Å². The molecule has 0 aromatic carbocycles. The highest BCUT2D eigenvalue weighted by Crippen LogP contribution is 2.10. The Kier molecular flexibility index (Phi) is 2.01. The largest absolute Gasteiger partial charge is 0.480 e. The first-order valence-corrected chi connectivity index (χ1v) is 3.15. The summed E-state index contributed by atoms with van der Waals surface area (Å²) >= 11 is 0. The predicted octanol–water partition coefficient (Wildman–Crippen LogP) is -0.752. The minimum Gasteiger partial charge on any atom is -0.480 e. The molecule has 1 rings (SSSR count). The van der Waals surface area contributed by atoms with Crippen LogP contribution >= 0.6 is 0 Å². The Morgan fingerprint density at radius 3 is 2.70 bits per heavy atom. The maximum absolute atomic E-state index is 10.3. The molecule has 1 aliphatic heterocycles. The normalized spacial score (nSPS) is 32.0. The second-order valence-corrected chi connectivity index (χ2v) is 2.43. The van der Waals surface area contributed by atoms with E-state index in [9.17, 15) is 9.59 Å². The molecule has 2 atom stereocenters. The monoisotopic (exact) mass is 143 g/mol. The number of carbonyl (C=O) groups excluding carboxylic acids is 1. The zero-order chi connectivity index (χ0) is 7.56. The molecule has 0 aromatic rings. The Morgan fingerprint density at radius 2 is 2.40 bits per heavy atom. The maximum Gasteiger partial charge on any atom is 0.320 e. The summed E-state index contributed by atoms with van der Waals surface area (Å²) in [4.78, 5) is 20.4. The number of hydrogen-bond donors (Lipinski definition) is 2. The average Bonchev–Trinajstić information content (AvgIpc) is 2.34. The topological polar surface area (TPSA) is 66.4 Å². The van der Waals surface area contributed by atoms with Gasteiger partial charge < -0.3 is 15.2 Å². The highest BCUT2D eigenvalue weighted by atomic mass is 16.4. The number of aliphatic carboxylic acids is 1. The Hall–Kier alpha value is -0.900. The first kappa shape index (κ1) is 7.21. The molecule has 0 spiro atoms. The van der Waals surface area contributed by atoms with Crippen molar-refractivity contribution in [2.75, 3.05) is 6.54 Å². The Bertz CT molecular complexity index is 157. The number of carboxylic acid groups (broad SMARTS) is 1. The van der Waals surface area contributed by atoms with E-state index in [4.69, 9.17) is 5.11 Å². The molecule has 4 nitrogen and oxygen atoms in total. The van der Waals surface area contributed by atoms with Crippen LogP contribution in [-0.2, 0) is 9.59 Å². The van der Waals surface area contributed by atoms with Crippen LogP contribution in [0.25, 0.3) is 0 Å². The van der Waals surface area contributed by atoms with E-state index < -0.39 is 12.0 Å². The van der Waals surface area contributed by atoms with E-state index in [1.807, 2.05) is 0 Å². The van der Waals surface area contributed by atoms with Crippen LogP contribution in [0.15, 0.2) is 0 Å². The molecular weight excluding hydrogens is 134 g/mol. The van der Waals surface area contributed by atoms with E-state index >= 15 is 0 Å². The van der Waals surface area contributed by atoms with Gasteiger partial charge in [0.1, 0.15) is 12.3 Å². The van der Waals surface area contributed by atoms with Crippen molar-refractivity contribution in [2.45, 2.75) is 12.5 Å². The van der Waals surface area contributed by atoms with Crippen LogP contribution in [-0.4, -0.2) is 29.9 Å². The summed E-state index contributed by atoms with van der Waals surface area (Å²) < 4.78 is 0. The lowest BCUT2D eigenvalue weighted by Crippen LogP contribution is -2.29. The van der Waals surface area contributed by atoms with Gasteiger partial charge in [-0.2, -0.15) is 0 Å². The maximum atomic E-state index is 10.3. The summed E-state index contributed by atoms with van der Waals surface area (Å²) in [6.45, 7) is 0.500. The van der Waals surface area contributed by atoms with Crippen molar-refractivity contribution in [1.29, 1.82) is 0 Å². The number of hydrogen-bond acceptors (Lipinski definition) is 3. The van der Waals surface area contributed by atoms with Crippen molar-refractivity contribution >= 4 is 12.3 Å². The van der Waals surface area contributed by atoms with Crippen molar-refractivity contribution < 1.29 is 14.7 Å². The summed E-state index contributed by atoms with van der Waals surface area (Å²) in [5.74, 6) is -0.981. The number of carboxylic acids is 1. The van der Waals surface area contributed by atoms with Crippen molar-refractivity contribution in [2.24, 2.45) is 5.92 Å². The third-order valence-electron chi connectivity index (χ3n) is 1.66. The van der Waals surface area contributed by atoms with Gasteiger partial charge in [0.25, 0.3) is 0 Å². The fraction of sp³-hybridized carbons (Fsp3) is 0.667. The van der Waals surface area contributed by atoms with Crippen LogP contribution in [0.3, 0.4) is 0 Å². The molecule has 4 heteroatoms. The van der Waals surface area contributed by atoms with Crippen molar-refractivity contribution in [3.8, 4) is 0 Å². The molecular formula is C6H9NO3. The molecule has 1 unspecified atom stereocenters. The minimum atomic E-state index is -0.871. The smallest absolute Gasteiger partial charge is 0.320 e. The number of carbonyl (C=O) groups is 2. The molecule has 1 heterocycles. The zero-order valence-electron chi connectivity index (χ0n) is 5.41. The van der Waals surface area contributed by atoms with Crippen LogP contribution in [0, 0.1) is 5.92 Å². The number of nitrogens with one attached hydrogen (secondary N) is 1. The van der Waals surface area contributed by atoms with E-state index in [-0.39, 0.29) is 5.92 Å². The first-order valence-electron chi connectivity index (χ1n) is 3.15. The van der Waals surface area contributed by atoms with Gasteiger partial charge in [0.2, 0.25) is 0 Å². The number of rotatable bonds is 2. The van der Waals surface area contributed by atoms with Gasteiger partial charge in [-0.1, -0.05) is 0 Å². The second-order valence-electron chi connectivity index (χ2n) is 2.43. The van der Waals surface area contributed by atoms with Gasteiger partial charge in [-0.05, 0) is 6.42 Å². The first-order chi connectivity index (χ1) is 4.74. The number of aldehydes is 1. The summed E-state index contributed by atoms with van der Waals surface area (Å²) in [6.07, 6.45) is 1.23. The highest BCUT2D eigenvalue weighted by Gasteiger charge is 2.28. The SMILES string of the molecule is O=CC1CN[C@H](C(=O)O)C1. The van der Waals surface area contributed by atoms with E-state index in [1.54, 1.807) is 0 Å². The van der Waals surface area contributed by atoms with Gasteiger partial charge >= 0.3 is 5.97 Å². The molecule has 0 amide bonds. The lowest BCUT2D eigenvalue weighted by Gasteiger charge is -1.99. The second kappa shape index (κ2) is 2.79. The zero-order valence-corrected chi connectivity index (χ0v) is 5.41. The van der Waals surface area contributed by atoms with Gasteiger partial charge in [0.15, 0.2) is 0 Å². The van der Waals surface area contributed by atoms with E-state index in [0.717, 1.165) is 6.29 Å². The minimum absolute atomic E-state index is 0.110. The molecule has 56 valence electrons. The summed E-state index contributed by atoms with van der Waals surface area (Å²) in [6, 6.07) is -0.518. The quantitative estimate of drug-likeness (QED) is 0.499. The van der Waals surface area contributed by atoms with Crippen molar-refractivity contribution in [3.05, 3.63) is 0 Å². The van der Waals surface area contributed by atoms with Crippen LogP contribution < -0.4 is 5.32 Å². The van der Waals surface area contributed by atoms with Crippen molar-refractivity contribution in [3.63, 3.8) is 0 Å². The van der Waals surface area contributed by atoms with Crippen LogP contribution in [0.5, 0.6) is 0 Å². The molecule has 2 N–H and O–H groups in total. The molecule has 10 heavy (non-hydrogen) atoms. The third kappa shape index (κ3) is 1.33. The van der Waals surface area contributed by atoms with Gasteiger partial charge in [0, 0.05) is 12.5 Å². The molecule has 0 aromatic heterocycles. The highest BCUT2D eigenvalue weighted by molar-refractivity contribution is 5.75. The molecule has 1 fully saturated rings. The molecule has 0 bridgehead atoms. The molecule has 0 saturated carbocycles. The average molecular weight is 143 g/mol. The molecule has 0 radical (unpaired) electrons.